The molecule has 2 N–H and O–H groups in total. The van der Waals surface area contributed by atoms with E-state index < -0.39 is 29.3 Å². The summed E-state index contributed by atoms with van der Waals surface area (Å²) in [4.78, 5) is 45.3. The van der Waals surface area contributed by atoms with E-state index >= 15 is 0 Å². The van der Waals surface area contributed by atoms with E-state index in [1.165, 1.54) is 18.2 Å². The Labute approximate surface area is 148 Å². The second-order valence-electron chi connectivity index (χ2n) is 5.25. The predicted molar refractivity (Wildman–Crippen MR) is 90.2 cm³/mol. The summed E-state index contributed by atoms with van der Waals surface area (Å²) in [5.74, 6) is -2.18. The molecule has 0 bridgehead atoms. The van der Waals surface area contributed by atoms with Gasteiger partial charge in [-0.1, -0.05) is 23.8 Å². The van der Waals surface area contributed by atoms with Crippen LogP contribution in [0.5, 0.6) is 0 Å². The third-order valence-corrected chi connectivity index (χ3v) is 3.26. The van der Waals surface area contributed by atoms with Gasteiger partial charge in [0, 0.05) is 17.7 Å². The van der Waals surface area contributed by atoms with Crippen molar-refractivity contribution in [1.82, 2.24) is 10.9 Å². The molecule has 0 heterocycles. The van der Waals surface area contributed by atoms with Gasteiger partial charge >= 0.3 is 5.97 Å². The minimum atomic E-state index is -0.760. The smallest absolute Gasteiger partial charge is 0.338 e. The van der Waals surface area contributed by atoms with Crippen molar-refractivity contribution in [3.05, 3.63) is 75.3 Å². The third kappa shape index (κ3) is 5.13. The van der Waals surface area contributed by atoms with Crippen LogP contribution in [0, 0.1) is 17.0 Å². The molecule has 0 aliphatic rings. The number of carbonyl (C=O) groups is 3. The number of hydrazine groups is 1. The van der Waals surface area contributed by atoms with Crippen molar-refractivity contribution < 1.29 is 24.0 Å². The van der Waals surface area contributed by atoms with Gasteiger partial charge in [0.25, 0.3) is 17.5 Å². The number of esters is 1. The molecule has 134 valence electrons. The van der Waals surface area contributed by atoms with Gasteiger partial charge in [-0.15, -0.1) is 0 Å². The number of nitrogens with one attached hydrogen (secondary N) is 2. The van der Waals surface area contributed by atoms with Gasteiger partial charge in [0.05, 0.1) is 10.5 Å². The van der Waals surface area contributed by atoms with Crippen LogP contribution in [-0.4, -0.2) is 29.3 Å². The van der Waals surface area contributed by atoms with Crippen molar-refractivity contribution in [3.63, 3.8) is 0 Å². The van der Waals surface area contributed by atoms with Crippen LogP contribution >= 0.6 is 0 Å². The molecule has 0 spiro atoms. The molecule has 26 heavy (non-hydrogen) atoms. The molecule has 0 radical (unpaired) electrons. The highest BCUT2D eigenvalue weighted by molar-refractivity contribution is 5.96. The summed E-state index contributed by atoms with van der Waals surface area (Å²) in [6.45, 7) is 1.27. The second-order valence-corrected chi connectivity index (χ2v) is 5.25. The number of aryl methyl sites for hydroxylation is 1. The summed E-state index contributed by atoms with van der Waals surface area (Å²) in [6, 6.07) is 11.6. The van der Waals surface area contributed by atoms with Crippen LogP contribution in [0.25, 0.3) is 0 Å². The first-order valence-corrected chi connectivity index (χ1v) is 7.44. The van der Waals surface area contributed by atoms with Crippen molar-refractivity contribution in [3.8, 4) is 0 Å². The van der Waals surface area contributed by atoms with E-state index in [0.717, 1.165) is 11.6 Å². The number of benzene rings is 2. The molecule has 0 aliphatic carbocycles. The maximum absolute atomic E-state index is 11.9. The molecular weight excluding hydrogens is 342 g/mol. The molecule has 0 aliphatic heterocycles. The van der Waals surface area contributed by atoms with E-state index in [1.807, 2.05) is 6.92 Å². The fourth-order valence-electron chi connectivity index (χ4n) is 1.90. The van der Waals surface area contributed by atoms with Crippen LogP contribution in [-0.2, 0) is 9.53 Å². The largest absolute Gasteiger partial charge is 0.452 e. The molecule has 0 atom stereocenters. The molecule has 0 aromatic heterocycles. The minimum Gasteiger partial charge on any atom is -0.452 e. The molecule has 0 fully saturated rings. The average Bonchev–Trinajstić information content (AvgIpc) is 2.64. The Morgan fingerprint density at radius 2 is 1.73 bits per heavy atom. The summed E-state index contributed by atoms with van der Waals surface area (Å²) < 4.78 is 4.83. The van der Waals surface area contributed by atoms with Gasteiger partial charge < -0.3 is 4.74 Å². The molecule has 2 aromatic rings. The Hall–Kier alpha value is -3.75. The highest BCUT2D eigenvalue weighted by Crippen LogP contribution is 2.12. The number of nitro groups is 1. The number of nitro benzene ring substituents is 1. The van der Waals surface area contributed by atoms with Crippen LogP contribution in [0.1, 0.15) is 26.3 Å². The molecule has 9 heteroatoms. The SMILES string of the molecule is Cc1ccc(C(=O)OCC(=O)NNC(=O)c2cccc([N+](=O)[O-])c2)cc1. The van der Waals surface area contributed by atoms with Crippen LogP contribution in [0.15, 0.2) is 48.5 Å². The number of ether oxygens (including phenoxy) is 1. The van der Waals surface area contributed by atoms with Crippen molar-refractivity contribution in [2.45, 2.75) is 6.92 Å². The van der Waals surface area contributed by atoms with E-state index in [4.69, 9.17) is 4.74 Å². The summed E-state index contributed by atoms with van der Waals surface area (Å²) in [6.07, 6.45) is 0. The van der Waals surface area contributed by atoms with E-state index in [-0.39, 0.29) is 11.3 Å². The van der Waals surface area contributed by atoms with Crippen LogP contribution in [0.3, 0.4) is 0 Å². The zero-order valence-corrected chi connectivity index (χ0v) is 13.7. The van der Waals surface area contributed by atoms with Crippen molar-refractivity contribution >= 4 is 23.5 Å². The first kappa shape index (κ1) is 18.6. The highest BCUT2D eigenvalue weighted by Gasteiger charge is 2.13. The van der Waals surface area contributed by atoms with Gasteiger partial charge in [-0.3, -0.25) is 30.6 Å². The second kappa shape index (κ2) is 8.38. The standard InChI is InChI=1S/C17H15N3O6/c1-11-5-7-12(8-6-11)17(23)26-10-15(21)18-19-16(22)13-3-2-4-14(9-13)20(24)25/h2-9H,10H2,1H3,(H,18,21)(H,19,22). The number of hydrogen-bond acceptors (Lipinski definition) is 6. The lowest BCUT2D eigenvalue weighted by atomic mass is 10.1. The number of nitrogens with zero attached hydrogens (tertiary/aromatic N) is 1. The van der Waals surface area contributed by atoms with Crippen molar-refractivity contribution in [2.24, 2.45) is 0 Å². The number of carbonyl (C=O) groups excluding carboxylic acids is 3. The molecular formula is C17H15N3O6. The van der Waals surface area contributed by atoms with E-state index in [1.54, 1.807) is 24.3 Å². The van der Waals surface area contributed by atoms with Gasteiger partial charge in [0.1, 0.15) is 0 Å². The molecule has 2 aromatic carbocycles. The number of non-ortho nitro benzene ring substituents is 1. The van der Waals surface area contributed by atoms with Gasteiger partial charge in [0.15, 0.2) is 6.61 Å². The van der Waals surface area contributed by atoms with Gasteiger partial charge in [-0.05, 0) is 25.1 Å². The monoisotopic (exact) mass is 357 g/mol. The molecule has 2 rings (SSSR count). The van der Waals surface area contributed by atoms with Crippen molar-refractivity contribution in [1.29, 1.82) is 0 Å². The first-order chi connectivity index (χ1) is 12.4. The summed E-state index contributed by atoms with van der Waals surface area (Å²) in [5, 5.41) is 10.7. The van der Waals surface area contributed by atoms with E-state index in [0.29, 0.717) is 5.56 Å². The van der Waals surface area contributed by atoms with E-state index in [9.17, 15) is 24.5 Å². The van der Waals surface area contributed by atoms with E-state index in [2.05, 4.69) is 10.9 Å². The number of hydrogen-bond donors (Lipinski definition) is 2. The quantitative estimate of drug-likeness (QED) is 0.474. The third-order valence-electron chi connectivity index (χ3n) is 3.26. The zero-order chi connectivity index (χ0) is 19.1. The van der Waals surface area contributed by atoms with Crippen LogP contribution in [0.2, 0.25) is 0 Å². The van der Waals surface area contributed by atoms with Gasteiger partial charge in [0.2, 0.25) is 0 Å². The molecule has 2 amide bonds. The minimum absolute atomic E-state index is 0.00356. The Balaban J connectivity index is 1.82. The Morgan fingerprint density at radius 3 is 2.38 bits per heavy atom. The fraction of sp³-hybridized carbons (Fsp3) is 0.118. The maximum Gasteiger partial charge on any atom is 0.338 e. The number of amides is 2. The zero-order valence-electron chi connectivity index (χ0n) is 13.7. The Bertz CT molecular complexity index is 848. The maximum atomic E-state index is 11.9. The molecule has 0 saturated heterocycles. The van der Waals surface area contributed by atoms with Gasteiger partial charge in [-0.2, -0.15) is 0 Å². The Kier molecular flexibility index (Phi) is 5.99. The number of rotatable bonds is 5. The summed E-state index contributed by atoms with van der Waals surface area (Å²) in [5.41, 5.74) is 5.16. The lowest BCUT2D eigenvalue weighted by Crippen LogP contribution is -2.43. The average molecular weight is 357 g/mol. The van der Waals surface area contributed by atoms with Crippen LogP contribution < -0.4 is 10.9 Å². The topological polar surface area (TPSA) is 128 Å². The first-order valence-electron chi connectivity index (χ1n) is 7.44. The normalized spacial score (nSPS) is 9.88. The molecule has 0 unspecified atom stereocenters. The van der Waals surface area contributed by atoms with Gasteiger partial charge in [-0.25, -0.2) is 4.79 Å². The predicted octanol–water partition coefficient (Wildman–Crippen LogP) is 1.52. The fourth-order valence-corrected chi connectivity index (χ4v) is 1.90. The van der Waals surface area contributed by atoms with Crippen molar-refractivity contribution in [2.75, 3.05) is 6.61 Å². The summed E-state index contributed by atoms with van der Waals surface area (Å²) >= 11 is 0. The lowest BCUT2D eigenvalue weighted by molar-refractivity contribution is -0.384. The lowest BCUT2D eigenvalue weighted by Gasteiger charge is -2.08. The highest BCUT2D eigenvalue weighted by atomic mass is 16.6. The molecule has 0 saturated carbocycles. The molecule has 9 nitrogen and oxygen atoms in total. The summed E-state index contributed by atoms with van der Waals surface area (Å²) in [7, 11) is 0. The Morgan fingerprint density at radius 1 is 1.04 bits per heavy atom. The van der Waals surface area contributed by atoms with Crippen LogP contribution in [0.4, 0.5) is 5.69 Å².